The van der Waals surface area contributed by atoms with Gasteiger partial charge in [-0.15, -0.1) is 0 Å². The molecule has 1 saturated heterocycles. The van der Waals surface area contributed by atoms with Crippen molar-refractivity contribution in [3.05, 3.63) is 11.8 Å². The minimum absolute atomic E-state index is 1.09. The zero-order valence-electron chi connectivity index (χ0n) is 10.8. The van der Waals surface area contributed by atoms with Crippen molar-refractivity contribution in [2.45, 2.75) is 52.1 Å². The summed E-state index contributed by atoms with van der Waals surface area (Å²) in [6.45, 7) is 9.67. The summed E-state index contributed by atoms with van der Waals surface area (Å²) in [5.74, 6) is 0. The van der Waals surface area contributed by atoms with Crippen molar-refractivity contribution in [3.8, 4) is 0 Å². The average molecular weight is 225 g/mol. The third kappa shape index (κ3) is 3.76. The van der Waals surface area contributed by atoms with E-state index >= 15 is 0 Å². The molecule has 1 aliphatic heterocycles. The highest BCUT2D eigenvalue weighted by Gasteiger charge is 2.28. The first-order valence-electron chi connectivity index (χ1n) is 6.62. The lowest BCUT2D eigenvalue weighted by Crippen LogP contribution is -2.47. The molecule has 0 unspecified atom stereocenters. The van der Waals surface area contributed by atoms with Gasteiger partial charge in [-0.2, -0.15) is 0 Å². The maximum atomic E-state index is 2.72. The maximum absolute atomic E-state index is 2.72. The van der Waals surface area contributed by atoms with Gasteiger partial charge >= 0.3 is 0 Å². The highest BCUT2D eigenvalue weighted by molar-refractivity contribution is 6.84. The Morgan fingerprint density at radius 3 is 2.13 bits per heavy atom. The standard InChI is InChI=1S/C13H27NSi/c1-4-12-15(5-2,6-3)13-14-10-8-7-9-11-14/h4,12H,5-11,13H2,1-3H3. The molecule has 0 radical (unpaired) electrons. The fourth-order valence-electron chi connectivity index (χ4n) is 2.68. The van der Waals surface area contributed by atoms with Gasteiger partial charge < -0.3 is 4.90 Å². The molecule has 1 fully saturated rings. The minimum Gasteiger partial charge on any atom is -0.306 e. The zero-order valence-corrected chi connectivity index (χ0v) is 11.8. The number of hydrogen-bond acceptors (Lipinski definition) is 1. The SMILES string of the molecule is CC=C[Si](CC)(CC)CN1CCCCC1. The minimum atomic E-state index is -1.09. The predicted molar refractivity (Wildman–Crippen MR) is 71.8 cm³/mol. The molecular weight excluding hydrogens is 198 g/mol. The normalized spacial score (nSPS) is 19.9. The molecule has 0 saturated carbocycles. The van der Waals surface area contributed by atoms with Crippen LogP contribution in [0.3, 0.4) is 0 Å². The molecule has 0 spiro atoms. The third-order valence-corrected chi connectivity index (χ3v) is 8.85. The lowest BCUT2D eigenvalue weighted by atomic mass is 10.1. The van der Waals surface area contributed by atoms with Gasteiger partial charge in [0.05, 0.1) is 8.07 Å². The molecule has 0 atom stereocenters. The maximum Gasteiger partial charge on any atom is 0.0912 e. The van der Waals surface area contributed by atoms with Gasteiger partial charge in [-0.25, -0.2) is 0 Å². The topological polar surface area (TPSA) is 3.24 Å². The lowest BCUT2D eigenvalue weighted by Gasteiger charge is -2.35. The number of rotatable bonds is 5. The summed E-state index contributed by atoms with van der Waals surface area (Å²) in [6.07, 6.45) is 8.00. The van der Waals surface area contributed by atoms with Crippen LogP contribution in [-0.2, 0) is 0 Å². The number of nitrogens with zero attached hydrogens (tertiary/aromatic N) is 1. The van der Waals surface area contributed by atoms with E-state index in [2.05, 4.69) is 37.4 Å². The van der Waals surface area contributed by atoms with E-state index in [0.717, 1.165) is 0 Å². The largest absolute Gasteiger partial charge is 0.306 e. The van der Waals surface area contributed by atoms with E-state index in [9.17, 15) is 0 Å². The summed E-state index contributed by atoms with van der Waals surface area (Å²) >= 11 is 0. The molecule has 0 amide bonds. The Bertz CT molecular complexity index is 191. The monoisotopic (exact) mass is 225 g/mol. The molecule has 0 aliphatic carbocycles. The molecular formula is C13H27NSi. The summed E-state index contributed by atoms with van der Waals surface area (Å²) in [5.41, 5.74) is 2.57. The van der Waals surface area contributed by atoms with Gasteiger partial charge in [0.15, 0.2) is 0 Å². The van der Waals surface area contributed by atoms with Gasteiger partial charge in [0.25, 0.3) is 0 Å². The van der Waals surface area contributed by atoms with Crippen LogP contribution in [0.5, 0.6) is 0 Å². The van der Waals surface area contributed by atoms with E-state index in [1.807, 2.05) is 0 Å². The predicted octanol–water partition coefficient (Wildman–Crippen LogP) is 3.62. The van der Waals surface area contributed by atoms with Gasteiger partial charge in [0.2, 0.25) is 0 Å². The van der Waals surface area contributed by atoms with Crippen LogP contribution in [0, 0.1) is 0 Å². The Morgan fingerprint density at radius 2 is 1.67 bits per heavy atom. The van der Waals surface area contributed by atoms with Crippen molar-refractivity contribution in [2.75, 3.05) is 19.3 Å². The molecule has 88 valence electrons. The first-order valence-corrected chi connectivity index (χ1v) is 9.32. The van der Waals surface area contributed by atoms with Gasteiger partial charge in [0, 0.05) is 0 Å². The van der Waals surface area contributed by atoms with Crippen molar-refractivity contribution in [1.82, 2.24) is 4.90 Å². The zero-order chi connectivity index (χ0) is 11.1. The molecule has 0 bridgehead atoms. The van der Waals surface area contributed by atoms with Crippen LogP contribution in [0.1, 0.15) is 40.0 Å². The second-order valence-electron chi connectivity index (χ2n) is 4.91. The van der Waals surface area contributed by atoms with E-state index in [1.54, 1.807) is 0 Å². The Labute approximate surface area is 96.6 Å². The highest BCUT2D eigenvalue weighted by atomic mass is 28.3. The van der Waals surface area contributed by atoms with E-state index in [4.69, 9.17) is 0 Å². The van der Waals surface area contributed by atoms with Crippen LogP contribution in [0.25, 0.3) is 0 Å². The van der Waals surface area contributed by atoms with Crippen molar-refractivity contribution in [2.24, 2.45) is 0 Å². The number of likely N-dealkylation sites (tertiary alicyclic amines) is 1. The first-order chi connectivity index (χ1) is 7.26. The third-order valence-electron chi connectivity index (χ3n) is 3.92. The van der Waals surface area contributed by atoms with Crippen LogP contribution >= 0.6 is 0 Å². The van der Waals surface area contributed by atoms with Crippen molar-refractivity contribution >= 4 is 8.07 Å². The van der Waals surface area contributed by atoms with E-state index in [-0.39, 0.29) is 0 Å². The quantitative estimate of drug-likeness (QED) is 0.646. The number of hydrogen-bond donors (Lipinski definition) is 0. The molecule has 1 heterocycles. The molecule has 0 aromatic heterocycles. The molecule has 0 N–H and O–H groups in total. The fraction of sp³-hybridized carbons (Fsp3) is 0.846. The van der Waals surface area contributed by atoms with Gasteiger partial charge in [0.1, 0.15) is 0 Å². The Morgan fingerprint density at radius 1 is 1.07 bits per heavy atom. The summed E-state index contributed by atoms with van der Waals surface area (Å²) in [4.78, 5) is 2.72. The van der Waals surface area contributed by atoms with Crippen LogP contribution in [-0.4, -0.2) is 32.2 Å². The molecule has 1 rings (SSSR count). The second-order valence-corrected chi connectivity index (χ2v) is 9.69. The molecule has 1 aliphatic rings. The molecule has 0 aromatic rings. The Kier molecular flexibility index (Phi) is 5.62. The van der Waals surface area contributed by atoms with Crippen LogP contribution < -0.4 is 0 Å². The van der Waals surface area contributed by atoms with Crippen molar-refractivity contribution in [3.63, 3.8) is 0 Å². The Balaban J connectivity index is 2.55. The van der Waals surface area contributed by atoms with Gasteiger partial charge in [-0.3, -0.25) is 0 Å². The van der Waals surface area contributed by atoms with Crippen LogP contribution in [0.4, 0.5) is 0 Å². The van der Waals surface area contributed by atoms with Crippen molar-refractivity contribution in [1.29, 1.82) is 0 Å². The molecule has 0 aromatic carbocycles. The molecule has 2 heteroatoms. The van der Waals surface area contributed by atoms with Gasteiger partial charge in [-0.05, 0) is 39.0 Å². The average Bonchev–Trinajstić information content (AvgIpc) is 2.30. The lowest BCUT2D eigenvalue weighted by molar-refractivity contribution is 0.259. The molecule has 15 heavy (non-hydrogen) atoms. The van der Waals surface area contributed by atoms with Gasteiger partial charge in [-0.1, -0.05) is 44.1 Å². The van der Waals surface area contributed by atoms with Crippen molar-refractivity contribution < 1.29 is 0 Å². The first kappa shape index (κ1) is 13.0. The van der Waals surface area contributed by atoms with Crippen LogP contribution in [0.15, 0.2) is 11.8 Å². The smallest absolute Gasteiger partial charge is 0.0912 e. The summed E-state index contributed by atoms with van der Waals surface area (Å²) in [7, 11) is -1.09. The summed E-state index contributed by atoms with van der Waals surface area (Å²) in [6, 6.07) is 2.81. The van der Waals surface area contributed by atoms with E-state index in [0.29, 0.717) is 0 Å². The van der Waals surface area contributed by atoms with E-state index < -0.39 is 8.07 Å². The summed E-state index contributed by atoms with van der Waals surface area (Å²) < 4.78 is 0. The second kappa shape index (κ2) is 6.49. The number of piperidine rings is 1. The highest BCUT2D eigenvalue weighted by Crippen LogP contribution is 2.20. The van der Waals surface area contributed by atoms with Crippen LogP contribution in [0.2, 0.25) is 12.1 Å². The van der Waals surface area contributed by atoms with E-state index in [1.165, 1.54) is 50.6 Å². The number of allylic oxidation sites excluding steroid dienone is 1. The fourth-order valence-corrected chi connectivity index (χ4v) is 6.12. The molecule has 1 nitrogen and oxygen atoms in total. The summed E-state index contributed by atoms with van der Waals surface area (Å²) in [5, 5.41) is 0. The Hall–Kier alpha value is -0.0831.